The van der Waals surface area contributed by atoms with Crippen LogP contribution < -0.4 is 11.1 Å². The molecule has 1 amide bonds. The van der Waals surface area contributed by atoms with Gasteiger partial charge in [-0.3, -0.25) is 10.1 Å². The molecule has 1 saturated heterocycles. The average Bonchev–Trinajstić information content (AvgIpc) is 3.14. The van der Waals surface area contributed by atoms with E-state index in [0.717, 1.165) is 32.5 Å². The van der Waals surface area contributed by atoms with Gasteiger partial charge in [0.25, 0.3) is 0 Å². The fourth-order valence-corrected chi connectivity index (χ4v) is 3.40. The highest BCUT2D eigenvalue weighted by atomic mass is 16.1. The summed E-state index contributed by atoms with van der Waals surface area (Å²) in [7, 11) is 0. The standard InChI is InChI=1S/C16H31N3O/c1-12(2)18-16(14(17)20,13-5-6-13)11-19-9-7-15(3,4)8-10-19/h12-13,18H,5-11H2,1-4H3,(H2,17,20). The number of primary amides is 1. The maximum Gasteiger partial charge on any atom is 0.239 e. The summed E-state index contributed by atoms with van der Waals surface area (Å²) in [5, 5.41) is 3.51. The van der Waals surface area contributed by atoms with Crippen LogP contribution in [0.15, 0.2) is 0 Å². The SMILES string of the molecule is CC(C)NC(CN1CCC(C)(C)CC1)(C(N)=O)C1CC1. The summed E-state index contributed by atoms with van der Waals surface area (Å²) in [5.41, 5.74) is 5.73. The van der Waals surface area contributed by atoms with E-state index in [9.17, 15) is 4.79 Å². The number of carbonyl (C=O) groups is 1. The number of nitrogens with two attached hydrogens (primary N) is 1. The van der Waals surface area contributed by atoms with E-state index in [1.54, 1.807) is 0 Å². The maximum absolute atomic E-state index is 12.2. The predicted octanol–water partition coefficient (Wildman–Crippen LogP) is 1.74. The van der Waals surface area contributed by atoms with Crippen LogP contribution in [0.4, 0.5) is 0 Å². The molecule has 0 aromatic carbocycles. The van der Waals surface area contributed by atoms with Gasteiger partial charge in [-0.2, -0.15) is 0 Å². The van der Waals surface area contributed by atoms with Crippen molar-refractivity contribution in [2.24, 2.45) is 17.1 Å². The number of amides is 1. The van der Waals surface area contributed by atoms with Crippen molar-refractivity contribution in [2.75, 3.05) is 19.6 Å². The first kappa shape index (κ1) is 15.8. The fraction of sp³-hybridized carbons (Fsp3) is 0.938. The van der Waals surface area contributed by atoms with Crippen LogP contribution >= 0.6 is 0 Å². The third-order valence-corrected chi connectivity index (χ3v) is 4.94. The van der Waals surface area contributed by atoms with Crippen LogP contribution in [-0.2, 0) is 4.79 Å². The molecule has 0 aromatic rings. The average molecular weight is 281 g/mol. The van der Waals surface area contributed by atoms with Gasteiger partial charge in [-0.05, 0) is 64.0 Å². The topological polar surface area (TPSA) is 58.4 Å². The van der Waals surface area contributed by atoms with Gasteiger partial charge in [0, 0.05) is 12.6 Å². The summed E-state index contributed by atoms with van der Waals surface area (Å²) < 4.78 is 0. The Labute approximate surface area is 123 Å². The van der Waals surface area contributed by atoms with Crippen LogP contribution in [0, 0.1) is 11.3 Å². The van der Waals surface area contributed by atoms with Crippen molar-refractivity contribution in [3.05, 3.63) is 0 Å². The van der Waals surface area contributed by atoms with E-state index in [1.807, 2.05) is 0 Å². The minimum absolute atomic E-state index is 0.168. The van der Waals surface area contributed by atoms with E-state index in [-0.39, 0.29) is 11.9 Å². The van der Waals surface area contributed by atoms with Gasteiger partial charge in [-0.25, -0.2) is 0 Å². The zero-order valence-electron chi connectivity index (χ0n) is 13.5. The number of piperidine rings is 1. The van der Waals surface area contributed by atoms with E-state index in [1.165, 1.54) is 12.8 Å². The van der Waals surface area contributed by atoms with Crippen molar-refractivity contribution in [3.8, 4) is 0 Å². The lowest BCUT2D eigenvalue weighted by Crippen LogP contribution is -2.65. The van der Waals surface area contributed by atoms with Gasteiger partial charge in [-0.15, -0.1) is 0 Å². The Balaban J connectivity index is 2.06. The molecule has 2 aliphatic rings. The van der Waals surface area contributed by atoms with Gasteiger partial charge < -0.3 is 10.6 Å². The Morgan fingerprint density at radius 3 is 2.30 bits per heavy atom. The molecular weight excluding hydrogens is 250 g/mol. The second-order valence-electron chi connectivity index (χ2n) is 7.85. The molecule has 2 fully saturated rings. The molecule has 0 spiro atoms. The molecule has 4 heteroatoms. The Hall–Kier alpha value is -0.610. The van der Waals surface area contributed by atoms with Crippen LogP contribution in [0.1, 0.15) is 53.4 Å². The van der Waals surface area contributed by atoms with Crippen LogP contribution in [0.25, 0.3) is 0 Å². The summed E-state index contributed by atoms with van der Waals surface area (Å²) >= 11 is 0. The largest absolute Gasteiger partial charge is 0.368 e. The molecule has 1 aliphatic heterocycles. The van der Waals surface area contributed by atoms with Crippen LogP contribution in [0.2, 0.25) is 0 Å². The molecule has 1 unspecified atom stereocenters. The molecule has 2 rings (SSSR count). The lowest BCUT2D eigenvalue weighted by Gasteiger charge is -2.43. The van der Waals surface area contributed by atoms with Crippen LogP contribution in [0.5, 0.6) is 0 Å². The first-order valence-corrected chi connectivity index (χ1v) is 8.05. The van der Waals surface area contributed by atoms with Gasteiger partial charge in [0.15, 0.2) is 0 Å². The molecule has 20 heavy (non-hydrogen) atoms. The zero-order chi connectivity index (χ0) is 15.0. The highest BCUT2D eigenvalue weighted by Crippen LogP contribution is 2.41. The summed E-state index contributed by atoms with van der Waals surface area (Å²) in [6.45, 7) is 11.8. The number of nitrogens with zero attached hydrogens (tertiary/aromatic N) is 1. The van der Waals surface area contributed by atoms with Crippen LogP contribution in [0.3, 0.4) is 0 Å². The number of hydrogen-bond acceptors (Lipinski definition) is 3. The van der Waals surface area contributed by atoms with Gasteiger partial charge in [0.2, 0.25) is 5.91 Å². The predicted molar refractivity (Wildman–Crippen MR) is 82.4 cm³/mol. The summed E-state index contributed by atoms with van der Waals surface area (Å²) in [4.78, 5) is 14.6. The third-order valence-electron chi connectivity index (χ3n) is 4.94. The normalized spacial score (nSPS) is 26.4. The Kier molecular flexibility index (Phi) is 4.45. The van der Waals surface area contributed by atoms with Gasteiger partial charge in [0.1, 0.15) is 5.54 Å². The minimum Gasteiger partial charge on any atom is -0.368 e. The Morgan fingerprint density at radius 2 is 1.90 bits per heavy atom. The smallest absolute Gasteiger partial charge is 0.239 e. The van der Waals surface area contributed by atoms with Crippen molar-refractivity contribution in [1.29, 1.82) is 0 Å². The summed E-state index contributed by atoms with van der Waals surface area (Å²) in [6, 6.07) is 0.282. The second kappa shape index (κ2) is 5.64. The number of hydrogen-bond donors (Lipinski definition) is 2. The van der Waals surface area contributed by atoms with E-state index < -0.39 is 5.54 Å². The monoisotopic (exact) mass is 281 g/mol. The molecule has 1 atom stereocenters. The number of nitrogens with one attached hydrogen (secondary N) is 1. The van der Waals surface area contributed by atoms with Crippen molar-refractivity contribution < 1.29 is 4.79 Å². The van der Waals surface area contributed by atoms with Crippen LogP contribution in [-0.4, -0.2) is 42.0 Å². The molecule has 116 valence electrons. The zero-order valence-corrected chi connectivity index (χ0v) is 13.5. The van der Waals surface area contributed by atoms with Crippen molar-refractivity contribution >= 4 is 5.91 Å². The molecule has 1 aliphatic carbocycles. The van der Waals surface area contributed by atoms with Crippen molar-refractivity contribution in [1.82, 2.24) is 10.2 Å². The Morgan fingerprint density at radius 1 is 1.35 bits per heavy atom. The van der Waals surface area contributed by atoms with E-state index in [0.29, 0.717) is 11.3 Å². The van der Waals surface area contributed by atoms with Gasteiger partial charge in [-0.1, -0.05) is 13.8 Å². The lowest BCUT2D eigenvalue weighted by molar-refractivity contribution is -0.127. The van der Waals surface area contributed by atoms with Gasteiger partial charge >= 0.3 is 0 Å². The Bertz CT molecular complexity index is 353. The second-order valence-corrected chi connectivity index (χ2v) is 7.85. The number of carbonyl (C=O) groups excluding carboxylic acids is 1. The molecular formula is C16H31N3O. The maximum atomic E-state index is 12.2. The number of likely N-dealkylation sites (tertiary alicyclic amines) is 1. The highest BCUT2D eigenvalue weighted by molar-refractivity contribution is 5.86. The molecule has 4 nitrogen and oxygen atoms in total. The lowest BCUT2D eigenvalue weighted by atomic mass is 9.81. The minimum atomic E-state index is -0.518. The third kappa shape index (κ3) is 3.53. The summed E-state index contributed by atoms with van der Waals surface area (Å²) in [5.74, 6) is 0.260. The van der Waals surface area contributed by atoms with Gasteiger partial charge in [0.05, 0.1) is 0 Å². The van der Waals surface area contributed by atoms with Crippen molar-refractivity contribution in [3.63, 3.8) is 0 Å². The van der Waals surface area contributed by atoms with Crippen molar-refractivity contribution in [2.45, 2.75) is 65.0 Å². The quantitative estimate of drug-likeness (QED) is 0.779. The van der Waals surface area contributed by atoms with E-state index >= 15 is 0 Å². The van der Waals surface area contributed by atoms with E-state index in [4.69, 9.17) is 5.73 Å². The molecule has 1 saturated carbocycles. The molecule has 3 N–H and O–H groups in total. The summed E-state index contributed by atoms with van der Waals surface area (Å²) in [6.07, 6.45) is 4.66. The highest BCUT2D eigenvalue weighted by Gasteiger charge is 2.51. The molecule has 1 heterocycles. The molecule has 0 radical (unpaired) electrons. The first-order chi connectivity index (χ1) is 9.25. The number of rotatable bonds is 6. The molecule has 0 bridgehead atoms. The first-order valence-electron chi connectivity index (χ1n) is 8.05. The fourth-order valence-electron chi connectivity index (χ4n) is 3.40. The molecule has 0 aromatic heterocycles. The van der Waals surface area contributed by atoms with E-state index in [2.05, 4.69) is 37.9 Å².